The van der Waals surface area contributed by atoms with E-state index in [2.05, 4.69) is 10.3 Å². The summed E-state index contributed by atoms with van der Waals surface area (Å²) in [6.07, 6.45) is 1.35. The first-order valence-electron chi connectivity index (χ1n) is 7.70. The fourth-order valence-corrected chi connectivity index (χ4v) is 2.35. The molecule has 8 heteroatoms. The van der Waals surface area contributed by atoms with Gasteiger partial charge in [-0.3, -0.25) is 18.7 Å². The predicted octanol–water partition coefficient (Wildman–Crippen LogP) is -0.265. The van der Waals surface area contributed by atoms with Crippen LogP contribution in [-0.2, 0) is 14.1 Å². The van der Waals surface area contributed by atoms with Crippen molar-refractivity contribution in [3.63, 3.8) is 0 Å². The molecule has 3 N–H and O–H groups in total. The Labute approximate surface area is 139 Å². The van der Waals surface area contributed by atoms with Crippen molar-refractivity contribution in [3.05, 3.63) is 38.7 Å². The number of pyridine rings is 1. The minimum atomic E-state index is -0.569. The second-order valence-electron chi connectivity index (χ2n) is 6.53. The Kier molecular flexibility index (Phi) is 4.61. The van der Waals surface area contributed by atoms with Crippen LogP contribution in [0.25, 0.3) is 11.0 Å². The molecule has 2 aromatic heterocycles. The van der Waals surface area contributed by atoms with Crippen molar-refractivity contribution in [3.8, 4) is 0 Å². The molecular formula is C16H23N5O3. The molecule has 0 saturated carbocycles. The molecule has 1 unspecified atom stereocenters. The van der Waals surface area contributed by atoms with Crippen molar-refractivity contribution in [2.24, 2.45) is 25.7 Å². The second kappa shape index (κ2) is 6.20. The van der Waals surface area contributed by atoms with Gasteiger partial charge in [-0.2, -0.15) is 0 Å². The molecule has 0 radical (unpaired) electrons. The minimum absolute atomic E-state index is 0.133. The summed E-state index contributed by atoms with van der Waals surface area (Å²) in [5.41, 5.74) is 4.75. The van der Waals surface area contributed by atoms with E-state index < -0.39 is 16.8 Å². The number of nitrogens with one attached hydrogen (secondary N) is 1. The van der Waals surface area contributed by atoms with Gasteiger partial charge in [0.1, 0.15) is 5.65 Å². The van der Waals surface area contributed by atoms with Crippen molar-refractivity contribution in [2.45, 2.75) is 26.3 Å². The van der Waals surface area contributed by atoms with Crippen molar-refractivity contribution in [1.29, 1.82) is 0 Å². The molecule has 0 aromatic carbocycles. The first-order valence-corrected chi connectivity index (χ1v) is 7.70. The molecule has 0 aliphatic carbocycles. The van der Waals surface area contributed by atoms with E-state index in [4.69, 9.17) is 5.73 Å². The summed E-state index contributed by atoms with van der Waals surface area (Å²) in [5.74, 6) is -0.226. The summed E-state index contributed by atoms with van der Waals surface area (Å²) in [5, 5.41) is 3.12. The highest BCUT2D eigenvalue weighted by molar-refractivity contribution is 5.97. The Morgan fingerprint density at radius 1 is 1.33 bits per heavy atom. The highest BCUT2D eigenvalue weighted by Crippen LogP contribution is 2.16. The predicted molar refractivity (Wildman–Crippen MR) is 92.0 cm³/mol. The number of amides is 1. The van der Waals surface area contributed by atoms with Crippen LogP contribution in [0.4, 0.5) is 0 Å². The Hall–Kier alpha value is -2.48. The smallest absolute Gasteiger partial charge is 0.332 e. The molecule has 0 aliphatic heterocycles. The van der Waals surface area contributed by atoms with E-state index in [-0.39, 0.29) is 35.0 Å². The topological polar surface area (TPSA) is 112 Å². The zero-order valence-corrected chi connectivity index (χ0v) is 14.6. The van der Waals surface area contributed by atoms with Gasteiger partial charge in [0.25, 0.3) is 11.5 Å². The molecule has 0 saturated heterocycles. The van der Waals surface area contributed by atoms with Crippen LogP contribution in [0.2, 0.25) is 0 Å². The molecule has 1 atom stereocenters. The minimum Gasteiger partial charge on any atom is -0.345 e. The van der Waals surface area contributed by atoms with E-state index >= 15 is 0 Å². The average molecular weight is 333 g/mol. The molecule has 0 bridgehead atoms. The van der Waals surface area contributed by atoms with Gasteiger partial charge < -0.3 is 11.1 Å². The zero-order chi connectivity index (χ0) is 18.2. The Balaban J connectivity index is 2.54. The number of fused-ring (bicyclic) bond motifs is 1. The lowest BCUT2D eigenvalue weighted by Gasteiger charge is -2.33. The Bertz CT molecular complexity index is 912. The monoisotopic (exact) mass is 333 g/mol. The van der Waals surface area contributed by atoms with Gasteiger partial charge in [-0.15, -0.1) is 0 Å². The number of carbonyl (C=O) groups is 1. The van der Waals surface area contributed by atoms with Gasteiger partial charge in [0.15, 0.2) is 0 Å². The lowest BCUT2D eigenvalue weighted by Crippen LogP contribution is -2.55. The van der Waals surface area contributed by atoms with Gasteiger partial charge in [0, 0.05) is 26.8 Å². The summed E-state index contributed by atoms with van der Waals surface area (Å²) >= 11 is 0. The number of hydrogen-bond donors (Lipinski definition) is 2. The highest BCUT2D eigenvalue weighted by Gasteiger charge is 2.29. The standard InChI is InChI=1S/C16H23N5O3/c1-9(2)16(3,8-17)19-13(22)10-6-11-12(18-7-10)20(4)15(24)21(5)14(11)23/h6-7,9H,8,17H2,1-5H3,(H,19,22). The van der Waals surface area contributed by atoms with Crippen molar-refractivity contribution in [2.75, 3.05) is 6.54 Å². The van der Waals surface area contributed by atoms with Gasteiger partial charge in [-0.05, 0) is 18.9 Å². The van der Waals surface area contributed by atoms with Crippen LogP contribution < -0.4 is 22.3 Å². The SMILES string of the molecule is CC(C)C(C)(CN)NC(=O)c1cnc2c(c1)c(=O)n(C)c(=O)n2C. The molecular weight excluding hydrogens is 310 g/mol. The van der Waals surface area contributed by atoms with Gasteiger partial charge in [0.2, 0.25) is 0 Å². The number of nitrogens with two attached hydrogens (primary N) is 1. The number of carbonyl (C=O) groups excluding carboxylic acids is 1. The van der Waals surface area contributed by atoms with Crippen molar-refractivity contribution < 1.29 is 4.79 Å². The van der Waals surface area contributed by atoms with Gasteiger partial charge in [0.05, 0.1) is 16.5 Å². The Morgan fingerprint density at radius 2 is 1.96 bits per heavy atom. The third-order valence-corrected chi connectivity index (χ3v) is 4.65. The number of aryl methyl sites for hydroxylation is 1. The molecule has 2 rings (SSSR count). The summed E-state index contributed by atoms with van der Waals surface area (Å²) in [4.78, 5) is 40.9. The fraction of sp³-hybridized carbons (Fsp3) is 0.500. The van der Waals surface area contributed by atoms with E-state index in [1.165, 1.54) is 30.9 Å². The molecule has 24 heavy (non-hydrogen) atoms. The van der Waals surface area contributed by atoms with Gasteiger partial charge in [-0.25, -0.2) is 9.78 Å². The van der Waals surface area contributed by atoms with Crippen LogP contribution in [0, 0.1) is 5.92 Å². The van der Waals surface area contributed by atoms with Gasteiger partial charge >= 0.3 is 5.69 Å². The van der Waals surface area contributed by atoms with E-state index in [9.17, 15) is 14.4 Å². The third kappa shape index (κ3) is 2.84. The summed E-state index contributed by atoms with van der Waals surface area (Å²) in [7, 11) is 2.92. The number of rotatable bonds is 4. The van der Waals surface area contributed by atoms with Crippen LogP contribution in [0.15, 0.2) is 21.9 Å². The van der Waals surface area contributed by atoms with E-state index in [1.54, 1.807) is 0 Å². The summed E-state index contributed by atoms with van der Waals surface area (Å²) in [6, 6.07) is 1.46. The first-order chi connectivity index (χ1) is 11.1. The van der Waals surface area contributed by atoms with Crippen LogP contribution in [0.1, 0.15) is 31.1 Å². The number of nitrogens with zero attached hydrogens (tertiary/aromatic N) is 3. The maximum absolute atomic E-state index is 12.5. The molecule has 1 amide bonds. The molecule has 2 aromatic rings. The fourth-order valence-electron chi connectivity index (χ4n) is 2.35. The highest BCUT2D eigenvalue weighted by atomic mass is 16.2. The van der Waals surface area contributed by atoms with Crippen LogP contribution in [0.5, 0.6) is 0 Å². The molecule has 0 fully saturated rings. The number of aromatic nitrogens is 3. The van der Waals surface area contributed by atoms with Crippen LogP contribution in [0.3, 0.4) is 0 Å². The van der Waals surface area contributed by atoms with Crippen LogP contribution >= 0.6 is 0 Å². The Morgan fingerprint density at radius 3 is 2.50 bits per heavy atom. The largest absolute Gasteiger partial charge is 0.345 e. The summed E-state index contributed by atoms with van der Waals surface area (Å²) < 4.78 is 2.26. The first kappa shape index (κ1) is 17.9. The van der Waals surface area contributed by atoms with E-state index in [0.29, 0.717) is 0 Å². The quantitative estimate of drug-likeness (QED) is 0.800. The summed E-state index contributed by atoms with van der Waals surface area (Å²) in [6.45, 7) is 6.09. The maximum atomic E-state index is 12.5. The van der Waals surface area contributed by atoms with E-state index in [1.807, 2.05) is 20.8 Å². The molecule has 8 nitrogen and oxygen atoms in total. The molecule has 0 aliphatic rings. The average Bonchev–Trinajstić information content (AvgIpc) is 2.57. The molecule has 0 spiro atoms. The number of hydrogen-bond acceptors (Lipinski definition) is 5. The molecule has 2 heterocycles. The van der Waals surface area contributed by atoms with Crippen LogP contribution in [-0.4, -0.2) is 32.1 Å². The zero-order valence-electron chi connectivity index (χ0n) is 14.6. The second-order valence-corrected chi connectivity index (χ2v) is 6.53. The van der Waals surface area contributed by atoms with Crippen molar-refractivity contribution in [1.82, 2.24) is 19.4 Å². The maximum Gasteiger partial charge on any atom is 0.332 e. The normalized spacial score (nSPS) is 14.0. The third-order valence-electron chi connectivity index (χ3n) is 4.65. The molecule has 130 valence electrons. The van der Waals surface area contributed by atoms with Crippen molar-refractivity contribution >= 4 is 16.9 Å². The van der Waals surface area contributed by atoms with Gasteiger partial charge in [-0.1, -0.05) is 13.8 Å². The lowest BCUT2D eigenvalue weighted by molar-refractivity contribution is 0.0883. The lowest BCUT2D eigenvalue weighted by atomic mass is 9.88. The van der Waals surface area contributed by atoms with E-state index in [0.717, 1.165) is 4.57 Å².